The Kier molecular flexibility index (Phi) is 3.40. The molecule has 0 atom stereocenters. The lowest BCUT2D eigenvalue weighted by atomic mass is 10.1. The fourth-order valence-electron chi connectivity index (χ4n) is 1.87. The van der Waals surface area contributed by atoms with Crippen LogP contribution in [-0.4, -0.2) is 9.78 Å². The summed E-state index contributed by atoms with van der Waals surface area (Å²) >= 11 is 5.20. The largest absolute Gasteiger partial charge is 0.399 e. The average Bonchev–Trinajstić information content (AvgIpc) is 3.00. The van der Waals surface area contributed by atoms with E-state index in [1.165, 1.54) is 4.88 Å². The maximum absolute atomic E-state index is 5.69. The standard InChI is InChI=1S/C14H12BrN3S/c15-14-6-5-13(19-14)9-18-8-11(7-17-18)10-1-3-12(16)4-2-10/h1-8H,9,16H2. The number of nitrogens with two attached hydrogens (primary N) is 1. The molecular weight excluding hydrogens is 322 g/mol. The van der Waals surface area contributed by atoms with Crippen LogP contribution in [0.1, 0.15) is 4.88 Å². The van der Waals surface area contributed by atoms with Crippen molar-refractivity contribution in [1.82, 2.24) is 9.78 Å². The Morgan fingerprint density at radius 3 is 2.58 bits per heavy atom. The van der Waals surface area contributed by atoms with Crippen LogP contribution in [0, 0.1) is 0 Å². The third-order valence-corrected chi connectivity index (χ3v) is 4.43. The van der Waals surface area contributed by atoms with Gasteiger partial charge in [0.2, 0.25) is 0 Å². The van der Waals surface area contributed by atoms with Crippen molar-refractivity contribution in [3.63, 3.8) is 0 Å². The summed E-state index contributed by atoms with van der Waals surface area (Å²) in [7, 11) is 0. The molecule has 0 aliphatic rings. The second-order valence-corrected chi connectivity index (χ2v) is 6.80. The van der Waals surface area contributed by atoms with Gasteiger partial charge in [-0.25, -0.2) is 0 Å². The molecule has 3 rings (SSSR count). The van der Waals surface area contributed by atoms with E-state index in [1.807, 2.05) is 35.1 Å². The van der Waals surface area contributed by atoms with Crippen molar-refractivity contribution in [3.8, 4) is 11.1 Å². The Hall–Kier alpha value is -1.59. The minimum Gasteiger partial charge on any atom is -0.399 e. The third-order valence-electron chi connectivity index (χ3n) is 2.82. The fraction of sp³-hybridized carbons (Fsp3) is 0.0714. The molecule has 3 aromatic rings. The molecular formula is C14H12BrN3S. The maximum atomic E-state index is 5.69. The number of nitrogens with zero attached hydrogens (tertiary/aromatic N) is 2. The third kappa shape index (κ3) is 2.88. The number of hydrogen-bond acceptors (Lipinski definition) is 3. The van der Waals surface area contributed by atoms with Crippen molar-refractivity contribution in [3.05, 3.63) is 57.5 Å². The van der Waals surface area contributed by atoms with E-state index in [0.717, 1.165) is 27.1 Å². The molecule has 19 heavy (non-hydrogen) atoms. The van der Waals surface area contributed by atoms with E-state index in [0.29, 0.717) is 0 Å². The van der Waals surface area contributed by atoms with E-state index in [-0.39, 0.29) is 0 Å². The highest BCUT2D eigenvalue weighted by molar-refractivity contribution is 9.11. The number of anilines is 1. The van der Waals surface area contributed by atoms with Crippen molar-refractivity contribution >= 4 is 33.0 Å². The van der Waals surface area contributed by atoms with Gasteiger partial charge in [-0.15, -0.1) is 11.3 Å². The number of benzene rings is 1. The molecule has 0 bridgehead atoms. The topological polar surface area (TPSA) is 43.8 Å². The number of thiophene rings is 1. The molecule has 0 saturated carbocycles. The Bertz CT molecular complexity index is 685. The molecule has 0 radical (unpaired) electrons. The second-order valence-electron chi connectivity index (χ2n) is 4.25. The van der Waals surface area contributed by atoms with Crippen molar-refractivity contribution < 1.29 is 0 Å². The van der Waals surface area contributed by atoms with Gasteiger partial charge in [0.15, 0.2) is 0 Å². The van der Waals surface area contributed by atoms with Gasteiger partial charge in [0.25, 0.3) is 0 Å². The predicted octanol–water partition coefficient (Wildman–Crippen LogP) is 4.00. The maximum Gasteiger partial charge on any atom is 0.0752 e. The molecule has 96 valence electrons. The van der Waals surface area contributed by atoms with Crippen LogP contribution >= 0.6 is 27.3 Å². The van der Waals surface area contributed by atoms with E-state index < -0.39 is 0 Å². The lowest BCUT2D eigenvalue weighted by Crippen LogP contribution is -1.97. The van der Waals surface area contributed by atoms with Gasteiger partial charge in [0.1, 0.15) is 0 Å². The lowest BCUT2D eigenvalue weighted by molar-refractivity contribution is 0.695. The van der Waals surface area contributed by atoms with Crippen LogP contribution in [0.3, 0.4) is 0 Å². The molecule has 0 amide bonds. The van der Waals surface area contributed by atoms with Crippen LogP contribution in [0.25, 0.3) is 11.1 Å². The van der Waals surface area contributed by atoms with E-state index in [1.54, 1.807) is 11.3 Å². The molecule has 3 nitrogen and oxygen atoms in total. The molecule has 5 heteroatoms. The van der Waals surface area contributed by atoms with Crippen molar-refractivity contribution in [1.29, 1.82) is 0 Å². The van der Waals surface area contributed by atoms with Gasteiger partial charge in [-0.05, 0) is 45.8 Å². The highest BCUT2D eigenvalue weighted by Crippen LogP contribution is 2.24. The second kappa shape index (κ2) is 5.19. The van der Waals surface area contributed by atoms with Gasteiger partial charge in [-0.1, -0.05) is 12.1 Å². The van der Waals surface area contributed by atoms with Gasteiger partial charge in [0, 0.05) is 22.3 Å². The predicted molar refractivity (Wildman–Crippen MR) is 83.2 cm³/mol. The first-order valence-corrected chi connectivity index (χ1v) is 7.44. The van der Waals surface area contributed by atoms with Crippen LogP contribution in [0.5, 0.6) is 0 Å². The Morgan fingerprint density at radius 2 is 1.89 bits per heavy atom. The summed E-state index contributed by atoms with van der Waals surface area (Å²) in [6.45, 7) is 0.797. The average molecular weight is 334 g/mol. The summed E-state index contributed by atoms with van der Waals surface area (Å²) in [5, 5.41) is 4.40. The van der Waals surface area contributed by atoms with Crippen LogP contribution in [0.15, 0.2) is 52.6 Å². The smallest absolute Gasteiger partial charge is 0.0752 e. The zero-order valence-electron chi connectivity index (χ0n) is 10.1. The molecule has 0 unspecified atom stereocenters. The molecule has 0 aliphatic carbocycles. The van der Waals surface area contributed by atoms with Crippen LogP contribution in [0.4, 0.5) is 5.69 Å². The monoisotopic (exact) mass is 333 g/mol. The van der Waals surface area contributed by atoms with Gasteiger partial charge < -0.3 is 5.73 Å². The highest BCUT2D eigenvalue weighted by Gasteiger charge is 2.04. The Morgan fingerprint density at radius 1 is 1.11 bits per heavy atom. The SMILES string of the molecule is Nc1ccc(-c2cnn(Cc3ccc(Br)s3)c2)cc1. The molecule has 2 N–H and O–H groups in total. The number of rotatable bonds is 3. The summed E-state index contributed by atoms with van der Waals surface area (Å²) in [5.74, 6) is 0. The summed E-state index contributed by atoms with van der Waals surface area (Å²) in [6.07, 6.45) is 3.94. The Labute approximate surface area is 123 Å². The van der Waals surface area contributed by atoms with Crippen LogP contribution < -0.4 is 5.73 Å². The normalized spacial score (nSPS) is 10.8. The minimum atomic E-state index is 0.777. The minimum absolute atomic E-state index is 0.777. The van der Waals surface area contributed by atoms with Crippen molar-refractivity contribution in [2.45, 2.75) is 6.54 Å². The molecule has 2 aromatic heterocycles. The van der Waals surface area contributed by atoms with E-state index in [9.17, 15) is 0 Å². The number of nitrogen functional groups attached to an aromatic ring is 1. The molecule has 0 spiro atoms. The molecule has 0 aliphatic heterocycles. The fourth-order valence-corrected chi connectivity index (χ4v) is 3.35. The van der Waals surface area contributed by atoms with Crippen molar-refractivity contribution in [2.75, 3.05) is 5.73 Å². The quantitative estimate of drug-likeness (QED) is 0.736. The molecule has 1 aromatic carbocycles. The summed E-state index contributed by atoms with van der Waals surface area (Å²) in [6, 6.07) is 12.0. The molecule has 2 heterocycles. The Balaban J connectivity index is 1.81. The van der Waals surface area contributed by atoms with Crippen LogP contribution in [0.2, 0.25) is 0 Å². The summed E-state index contributed by atoms with van der Waals surface area (Å²) in [4.78, 5) is 1.28. The van der Waals surface area contributed by atoms with E-state index in [4.69, 9.17) is 5.73 Å². The molecule has 0 saturated heterocycles. The number of hydrogen-bond donors (Lipinski definition) is 1. The number of halogens is 1. The van der Waals surface area contributed by atoms with E-state index >= 15 is 0 Å². The zero-order valence-corrected chi connectivity index (χ0v) is 12.5. The zero-order chi connectivity index (χ0) is 13.2. The number of aromatic nitrogens is 2. The molecule has 0 fully saturated rings. The first-order chi connectivity index (χ1) is 9.20. The summed E-state index contributed by atoms with van der Waals surface area (Å²) < 4.78 is 3.10. The summed E-state index contributed by atoms with van der Waals surface area (Å²) in [5.41, 5.74) is 8.71. The van der Waals surface area contributed by atoms with Gasteiger partial charge >= 0.3 is 0 Å². The van der Waals surface area contributed by atoms with Crippen molar-refractivity contribution in [2.24, 2.45) is 0 Å². The van der Waals surface area contributed by atoms with Gasteiger partial charge in [-0.2, -0.15) is 5.10 Å². The van der Waals surface area contributed by atoms with Gasteiger partial charge in [0.05, 0.1) is 16.5 Å². The van der Waals surface area contributed by atoms with E-state index in [2.05, 4.69) is 39.4 Å². The first-order valence-electron chi connectivity index (χ1n) is 5.83. The first kappa shape index (κ1) is 12.4. The lowest BCUT2D eigenvalue weighted by Gasteiger charge is -1.99. The van der Waals surface area contributed by atoms with Gasteiger partial charge in [-0.3, -0.25) is 4.68 Å². The highest BCUT2D eigenvalue weighted by atomic mass is 79.9. The van der Waals surface area contributed by atoms with Crippen LogP contribution in [-0.2, 0) is 6.54 Å².